The second kappa shape index (κ2) is 7.56. The summed E-state index contributed by atoms with van der Waals surface area (Å²) >= 11 is 0. The minimum absolute atomic E-state index is 0.171. The van der Waals surface area contributed by atoms with Crippen LogP contribution in [0.5, 0.6) is 0 Å². The third-order valence-electron chi connectivity index (χ3n) is 3.70. The number of aryl methyl sites for hydroxylation is 1. The number of nitrogens with one attached hydrogen (secondary N) is 2. The third kappa shape index (κ3) is 4.03. The number of hydrogen-bond acceptors (Lipinski definition) is 7. The fraction of sp³-hybridized carbons (Fsp3) is 0.111. The van der Waals surface area contributed by atoms with Gasteiger partial charge in [-0.25, -0.2) is 0 Å². The highest BCUT2D eigenvalue weighted by Gasteiger charge is 2.13. The molecule has 9 nitrogen and oxygen atoms in total. The van der Waals surface area contributed by atoms with Crippen molar-refractivity contribution in [1.82, 2.24) is 30.4 Å². The molecule has 0 saturated carbocycles. The maximum Gasteiger partial charge on any atom is 0.249 e. The van der Waals surface area contributed by atoms with Gasteiger partial charge in [-0.2, -0.15) is 4.98 Å². The molecule has 0 radical (unpaired) electrons. The molecule has 9 heteroatoms. The lowest BCUT2D eigenvalue weighted by atomic mass is 10.2. The first-order valence-corrected chi connectivity index (χ1v) is 8.29. The van der Waals surface area contributed by atoms with Crippen LogP contribution in [0.4, 0.5) is 5.95 Å². The molecule has 2 N–H and O–H groups in total. The topological polar surface area (TPSA) is 122 Å². The Morgan fingerprint density at radius 1 is 1.07 bits per heavy atom. The maximum absolute atomic E-state index is 12.1. The van der Waals surface area contributed by atoms with Crippen molar-refractivity contribution in [3.8, 4) is 23.0 Å². The molecule has 3 aromatic heterocycles. The molecule has 27 heavy (non-hydrogen) atoms. The summed E-state index contributed by atoms with van der Waals surface area (Å²) in [5, 5.41) is 17.3. The van der Waals surface area contributed by atoms with Crippen molar-refractivity contribution in [2.45, 2.75) is 12.8 Å². The van der Waals surface area contributed by atoms with Gasteiger partial charge in [-0.15, -0.1) is 15.3 Å². The molecule has 3 heterocycles. The Kier molecular flexibility index (Phi) is 4.64. The molecule has 1 aromatic carbocycles. The van der Waals surface area contributed by atoms with Gasteiger partial charge in [-0.3, -0.25) is 20.2 Å². The van der Waals surface area contributed by atoms with Crippen LogP contribution in [0.15, 0.2) is 59.1 Å². The SMILES string of the molecule is O=C(CCc1nnc(-c2ccccc2)o1)Nc1n[nH]c(-c2ccccn2)n1. The van der Waals surface area contributed by atoms with Crippen molar-refractivity contribution in [3.63, 3.8) is 0 Å². The number of hydrogen-bond donors (Lipinski definition) is 2. The van der Waals surface area contributed by atoms with Crippen LogP contribution in [0, 0.1) is 0 Å². The van der Waals surface area contributed by atoms with Gasteiger partial charge in [0.05, 0.1) is 0 Å². The van der Waals surface area contributed by atoms with Gasteiger partial charge >= 0.3 is 0 Å². The number of carbonyl (C=O) groups is 1. The van der Waals surface area contributed by atoms with Crippen molar-refractivity contribution in [2.75, 3.05) is 5.32 Å². The number of carbonyl (C=O) groups excluding carboxylic acids is 1. The van der Waals surface area contributed by atoms with Gasteiger partial charge in [0.2, 0.25) is 23.6 Å². The molecule has 4 rings (SSSR count). The number of rotatable bonds is 6. The van der Waals surface area contributed by atoms with Crippen molar-refractivity contribution in [1.29, 1.82) is 0 Å². The summed E-state index contributed by atoms with van der Waals surface area (Å²) in [6.45, 7) is 0. The zero-order valence-corrected chi connectivity index (χ0v) is 14.2. The first kappa shape index (κ1) is 16.6. The van der Waals surface area contributed by atoms with Crippen LogP contribution < -0.4 is 5.32 Å². The van der Waals surface area contributed by atoms with E-state index in [0.29, 0.717) is 29.7 Å². The predicted molar refractivity (Wildman–Crippen MR) is 96.3 cm³/mol. The molecular weight excluding hydrogens is 346 g/mol. The molecule has 4 aromatic rings. The Labute approximate surface area is 153 Å². The van der Waals surface area contributed by atoms with E-state index in [1.165, 1.54) is 0 Å². The van der Waals surface area contributed by atoms with Gasteiger partial charge in [0, 0.05) is 24.6 Å². The Bertz CT molecular complexity index is 1030. The van der Waals surface area contributed by atoms with Crippen LogP contribution in [-0.2, 0) is 11.2 Å². The lowest BCUT2D eigenvalue weighted by molar-refractivity contribution is -0.116. The predicted octanol–water partition coefficient (Wildman–Crippen LogP) is 2.49. The Hall–Kier alpha value is -3.88. The van der Waals surface area contributed by atoms with Gasteiger partial charge in [0.1, 0.15) is 5.69 Å². The monoisotopic (exact) mass is 361 g/mol. The van der Waals surface area contributed by atoms with Gasteiger partial charge in [0.15, 0.2) is 5.82 Å². The van der Waals surface area contributed by atoms with Crippen LogP contribution in [0.3, 0.4) is 0 Å². The summed E-state index contributed by atoms with van der Waals surface area (Å²) in [6.07, 6.45) is 2.15. The van der Waals surface area contributed by atoms with Crippen LogP contribution in [0.25, 0.3) is 23.0 Å². The average molecular weight is 361 g/mol. The summed E-state index contributed by atoms with van der Waals surface area (Å²) < 4.78 is 5.58. The van der Waals surface area contributed by atoms with E-state index in [2.05, 4.69) is 35.7 Å². The minimum atomic E-state index is -0.249. The molecule has 1 amide bonds. The first-order valence-electron chi connectivity index (χ1n) is 8.29. The number of benzene rings is 1. The second-order valence-electron chi connectivity index (χ2n) is 5.64. The minimum Gasteiger partial charge on any atom is -0.421 e. The molecule has 0 spiro atoms. The smallest absolute Gasteiger partial charge is 0.249 e. The number of H-pyrrole nitrogens is 1. The normalized spacial score (nSPS) is 10.7. The fourth-order valence-electron chi connectivity index (χ4n) is 2.39. The number of anilines is 1. The van der Waals surface area contributed by atoms with Gasteiger partial charge < -0.3 is 4.42 Å². The maximum atomic E-state index is 12.1. The standard InChI is InChI=1S/C18H15N7O2/c26-14(20-18-21-16(23-25-18)13-8-4-5-11-19-13)9-10-15-22-24-17(27-15)12-6-2-1-3-7-12/h1-8,11H,9-10H2,(H2,20,21,23,25,26). The largest absolute Gasteiger partial charge is 0.421 e. The fourth-order valence-corrected chi connectivity index (χ4v) is 2.39. The van der Waals surface area contributed by atoms with Gasteiger partial charge in [0.25, 0.3) is 0 Å². The van der Waals surface area contributed by atoms with E-state index < -0.39 is 0 Å². The van der Waals surface area contributed by atoms with Crippen LogP contribution in [0.1, 0.15) is 12.3 Å². The Morgan fingerprint density at radius 3 is 2.74 bits per heavy atom. The molecule has 0 aliphatic rings. The quantitative estimate of drug-likeness (QED) is 0.541. The van der Waals surface area contributed by atoms with E-state index in [4.69, 9.17) is 4.42 Å². The molecular formula is C18H15N7O2. The van der Waals surface area contributed by atoms with Crippen LogP contribution in [0.2, 0.25) is 0 Å². The summed E-state index contributed by atoms with van der Waals surface area (Å²) in [5.74, 6) is 1.25. The molecule has 0 atom stereocenters. The Balaban J connectivity index is 1.33. The van der Waals surface area contributed by atoms with Crippen LogP contribution in [-0.4, -0.2) is 36.3 Å². The summed E-state index contributed by atoms with van der Waals surface area (Å²) in [4.78, 5) is 20.5. The first-order chi connectivity index (χ1) is 13.3. The Morgan fingerprint density at radius 2 is 1.93 bits per heavy atom. The summed E-state index contributed by atoms with van der Waals surface area (Å²) in [6, 6.07) is 14.9. The number of nitrogens with zero attached hydrogens (tertiary/aromatic N) is 5. The van der Waals surface area contributed by atoms with Gasteiger partial charge in [-0.1, -0.05) is 24.3 Å². The van der Waals surface area contributed by atoms with E-state index in [1.807, 2.05) is 42.5 Å². The second-order valence-corrected chi connectivity index (χ2v) is 5.64. The number of aromatic nitrogens is 6. The zero-order chi connectivity index (χ0) is 18.5. The van der Waals surface area contributed by atoms with Crippen molar-refractivity contribution >= 4 is 11.9 Å². The van der Waals surface area contributed by atoms with Crippen LogP contribution >= 0.6 is 0 Å². The van der Waals surface area contributed by atoms with E-state index in [-0.39, 0.29) is 18.3 Å². The lowest BCUT2D eigenvalue weighted by Gasteiger charge is -1.98. The zero-order valence-electron chi connectivity index (χ0n) is 14.2. The van der Waals surface area contributed by atoms with Crippen molar-refractivity contribution in [3.05, 3.63) is 60.6 Å². The average Bonchev–Trinajstić information content (AvgIpc) is 3.37. The van der Waals surface area contributed by atoms with Gasteiger partial charge in [-0.05, 0) is 24.3 Å². The molecule has 0 saturated heterocycles. The highest BCUT2D eigenvalue weighted by Crippen LogP contribution is 2.17. The molecule has 0 bridgehead atoms. The number of aromatic amines is 1. The molecule has 0 aliphatic heterocycles. The number of pyridine rings is 1. The van der Waals surface area contributed by atoms with E-state index >= 15 is 0 Å². The number of amides is 1. The molecule has 134 valence electrons. The summed E-state index contributed by atoms with van der Waals surface area (Å²) in [7, 11) is 0. The highest BCUT2D eigenvalue weighted by molar-refractivity contribution is 5.89. The van der Waals surface area contributed by atoms with E-state index in [1.54, 1.807) is 12.3 Å². The lowest BCUT2D eigenvalue weighted by Crippen LogP contribution is -2.13. The van der Waals surface area contributed by atoms with Crippen molar-refractivity contribution in [2.24, 2.45) is 0 Å². The molecule has 0 aliphatic carbocycles. The van der Waals surface area contributed by atoms with Crippen molar-refractivity contribution < 1.29 is 9.21 Å². The highest BCUT2D eigenvalue weighted by atomic mass is 16.4. The van der Waals surface area contributed by atoms with E-state index in [0.717, 1.165) is 5.56 Å². The molecule has 0 fully saturated rings. The third-order valence-corrected chi connectivity index (χ3v) is 3.70. The summed E-state index contributed by atoms with van der Waals surface area (Å²) in [5.41, 5.74) is 1.48. The van der Waals surface area contributed by atoms with E-state index in [9.17, 15) is 4.79 Å². The molecule has 0 unspecified atom stereocenters.